The Morgan fingerprint density at radius 2 is 1.56 bits per heavy atom. The van der Waals surface area contributed by atoms with Crippen LogP contribution in [0.25, 0.3) is 10.8 Å². The number of aromatic hydroxyl groups is 1. The van der Waals surface area contributed by atoms with Gasteiger partial charge in [0.05, 0.1) is 44.3 Å². The molecule has 1 N–H and O–H groups in total. The summed E-state index contributed by atoms with van der Waals surface area (Å²) < 4.78 is 16.3. The van der Waals surface area contributed by atoms with Crippen molar-refractivity contribution in [3.05, 3.63) is 90.0 Å². The van der Waals surface area contributed by atoms with E-state index < -0.39 is 0 Å². The van der Waals surface area contributed by atoms with Crippen molar-refractivity contribution in [3.63, 3.8) is 0 Å². The number of anilines is 1. The van der Waals surface area contributed by atoms with E-state index in [1.165, 1.54) is 16.3 Å². The molecule has 1 atom stereocenters. The zero-order valence-corrected chi connectivity index (χ0v) is 19.4. The topological polar surface area (TPSA) is 63.5 Å². The molecule has 0 radical (unpaired) electrons. The van der Waals surface area contributed by atoms with Gasteiger partial charge in [-0.05, 0) is 40.6 Å². The van der Waals surface area contributed by atoms with E-state index in [1.807, 2.05) is 35.3 Å². The third-order valence-electron chi connectivity index (χ3n) is 6.23. The van der Waals surface area contributed by atoms with Crippen molar-refractivity contribution in [3.8, 4) is 23.0 Å². The van der Waals surface area contributed by atoms with Crippen LogP contribution in [-0.4, -0.2) is 32.1 Å². The number of hydrogen-bond donors (Lipinski definition) is 1. The smallest absolute Gasteiger partial charge is 0.135 e. The van der Waals surface area contributed by atoms with Crippen LogP contribution < -0.4 is 19.2 Å². The summed E-state index contributed by atoms with van der Waals surface area (Å²) >= 11 is 0. The van der Waals surface area contributed by atoms with Gasteiger partial charge in [-0.2, -0.15) is 5.10 Å². The molecular formula is C28H26N2O4. The fourth-order valence-corrected chi connectivity index (χ4v) is 4.56. The monoisotopic (exact) mass is 454 g/mol. The van der Waals surface area contributed by atoms with E-state index in [0.717, 1.165) is 17.1 Å². The molecule has 6 heteroatoms. The van der Waals surface area contributed by atoms with Gasteiger partial charge in [0.25, 0.3) is 0 Å². The number of hydrazone groups is 1. The average Bonchev–Trinajstić information content (AvgIpc) is 3.32. The number of benzene rings is 4. The van der Waals surface area contributed by atoms with Crippen molar-refractivity contribution < 1.29 is 19.3 Å². The molecule has 0 spiro atoms. The maximum absolute atomic E-state index is 10.9. The van der Waals surface area contributed by atoms with Crippen LogP contribution in [0, 0.1) is 0 Å². The fourth-order valence-electron chi connectivity index (χ4n) is 4.56. The summed E-state index contributed by atoms with van der Waals surface area (Å²) in [5.41, 5.74) is 3.41. The molecule has 0 aromatic heterocycles. The molecule has 34 heavy (non-hydrogen) atoms. The first-order valence-electron chi connectivity index (χ1n) is 11.1. The number of phenols is 1. The highest BCUT2D eigenvalue weighted by molar-refractivity contribution is 6.08. The molecule has 4 aromatic rings. The molecule has 1 aliphatic heterocycles. The van der Waals surface area contributed by atoms with Crippen molar-refractivity contribution in [2.24, 2.45) is 5.10 Å². The summed E-state index contributed by atoms with van der Waals surface area (Å²) in [5, 5.41) is 20.2. The fraction of sp³-hybridized carbons (Fsp3) is 0.179. The van der Waals surface area contributed by atoms with Gasteiger partial charge in [0.2, 0.25) is 0 Å². The Kier molecular flexibility index (Phi) is 5.72. The largest absolute Gasteiger partial charge is 0.507 e. The zero-order valence-electron chi connectivity index (χ0n) is 19.4. The van der Waals surface area contributed by atoms with Crippen molar-refractivity contribution in [2.75, 3.05) is 26.3 Å². The molecule has 1 heterocycles. The highest BCUT2D eigenvalue weighted by Crippen LogP contribution is 2.43. The van der Waals surface area contributed by atoms with Gasteiger partial charge < -0.3 is 19.3 Å². The Morgan fingerprint density at radius 3 is 2.29 bits per heavy atom. The van der Waals surface area contributed by atoms with E-state index in [0.29, 0.717) is 23.5 Å². The molecule has 0 saturated carbocycles. The lowest BCUT2D eigenvalue weighted by molar-refractivity contribution is 0.384. The van der Waals surface area contributed by atoms with Crippen LogP contribution in [0.1, 0.15) is 23.6 Å². The quantitative estimate of drug-likeness (QED) is 0.391. The molecule has 0 amide bonds. The highest BCUT2D eigenvalue weighted by atomic mass is 16.5. The number of fused-ring (bicyclic) bond motifs is 1. The maximum atomic E-state index is 10.9. The molecule has 1 aliphatic rings. The van der Waals surface area contributed by atoms with E-state index in [4.69, 9.17) is 19.3 Å². The van der Waals surface area contributed by atoms with Crippen LogP contribution in [0.4, 0.5) is 5.69 Å². The molecule has 6 nitrogen and oxygen atoms in total. The van der Waals surface area contributed by atoms with Crippen molar-refractivity contribution in [1.29, 1.82) is 0 Å². The van der Waals surface area contributed by atoms with Crippen LogP contribution in [0.2, 0.25) is 0 Å². The van der Waals surface area contributed by atoms with Crippen molar-refractivity contribution in [1.82, 2.24) is 0 Å². The van der Waals surface area contributed by atoms with Crippen LogP contribution in [0.3, 0.4) is 0 Å². The van der Waals surface area contributed by atoms with Gasteiger partial charge in [-0.15, -0.1) is 0 Å². The van der Waals surface area contributed by atoms with E-state index in [9.17, 15) is 5.11 Å². The first-order chi connectivity index (χ1) is 16.6. The predicted molar refractivity (Wildman–Crippen MR) is 135 cm³/mol. The van der Waals surface area contributed by atoms with Gasteiger partial charge in [0.1, 0.15) is 23.0 Å². The van der Waals surface area contributed by atoms with Gasteiger partial charge >= 0.3 is 0 Å². The van der Waals surface area contributed by atoms with Crippen LogP contribution in [0.5, 0.6) is 23.0 Å². The van der Waals surface area contributed by atoms with Crippen molar-refractivity contribution in [2.45, 2.75) is 12.5 Å². The zero-order chi connectivity index (χ0) is 23.7. The Balaban J connectivity index is 1.66. The van der Waals surface area contributed by atoms with E-state index >= 15 is 0 Å². The molecule has 172 valence electrons. The van der Waals surface area contributed by atoms with Crippen LogP contribution >= 0.6 is 0 Å². The number of nitrogens with zero attached hydrogens (tertiary/aromatic N) is 2. The molecule has 0 bridgehead atoms. The standard InChI is InChI=1S/C28H26N2O4/c1-32-20-13-11-19(12-14-20)30-25(23-10-6-8-18-7-4-5-9-22(18)23)17-24(29-30)28-26(31)15-21(33-2)16-27(28)34-3/h4-16,25,31H,17H2,1-3H3. The Labute approximate surface area is 198 Å². The summed E-state index contributed by atoms with van der Waals surface area (Å²) in [6.07, 6.45) is 0.594. The molecule has 1 unspecified atom stereocenters. The number of hydrogen-bond acceptors (Lipinski definition) is 6. The summed E-state index contributed by atoms with van der Waals surface area (Å²) in [5.74, 6) is 1.89. The van der Waals surface area contributed by atoms with Gasteiger partial charge in [-0.1, -0.05) is 42.5 Å². The Bertz CT molecular complexity index is 1360. The first-order valence-corrected chi connectivity index (χ1v) is 11.1. The third kappa shape index (κ3) is 3.77. The van der Waals surface area contributed by atoms with E-state index in [-0.39, 0.29) is 11.8 Å². The summed E-state index contributed by atoms with van der Waals surface area (Å²) in [6, 6.07) is 25.8. The molecule has 0 aliphatic carbocycles. The summed E-state index contributed by atoms with van der Waals surface area (Å²) in [6.45, 7) is 0. The normalized spacial score (nSPS) is 15.3. The molecular weight excluding hydrogens is 428 g/mol. The second kappa shape index (κ2) is 8.98. The number of phenolic OH excluding ortho intramolecular Hbond substituents is 1. The lowest BCUT2D eigenvalue weighted by atomic mass is 9.93. The second-order valence-corrected chi connectivity index (χ2v) is 8.10. The third-order valence-corrected chi connectivity index (χ3v) is 6.23. The molecule has 5 rings (SSSR count). The van der Waals surface area contributed by atoms with Gasteiger partial charge in [-0.25, -0.2) is 0 Å². The summed E-state index contributed by atoms with van der Waals surface area (Å²) in [7, 11) is 4.79. The Hall–Kier alpha value is -4.19. The minimum Gasteiger partial charge on any atom is -0.507 e. The SMILES string of the molecule is COc1ccc(N2N=C(c3c(O)cc(OC)cc3OC)CC2c2cccc3ccccc23)cc1. The predicted octanol–water partition coefficient (Wildman–Crippen LogP) is 5.93. The maximum Gasteiger partial charge on any atom is 0.135 e. The lowest BCUT2D eigenvalue weighted by Crippen LogP contribution is -2.18. The molecule has 0 fully saturated rings. The van der Waals surface area contributed by atoms with E-state index in [2.05, 4.69) is 36.4 Å². The lowest BCUT2D eigenvalue weighted by Gasteiger charge is -2.25. The van der Waals surface area contributed by atoms with E-state index in [1.54, 1.807) is 33.5 Å². The minimum atomic E-state index is -0.0688. The van der Waals surface area contributed by atoms with Crippen LogP contribution in [0.15, 0.2) is 84.0 Å². The average molecular weight is 455 g/mol. The highest BCUT2D eigenvalue weighted by Gasteiger charge is 2.33. The van der Waals surface area contributed by atoms with Crippen LogP contribution in [-0.2, 0) is 0 Å². The van der Waals surface area contributed by atoms with Gasteiger partial charge in [-0.3, -0.25) is 5.01 Å². The van der Waals surface area contributed by atoms with Crippen molar-refractivity contribution >= 4 is 22.2 Å². The summed E-state index contributed by atoms with van der Waals surface area (Å²) in [4.78, 5) is 0. The number of methoxy groups -OCH3 is 3. The molecule has 4 aromatic carbocycles. The Morgan fingerprint density at radius 1 is 0.824 bits per heavy atom. The number of ether oxygens (including phenoxy) is 3. The second-order valence-electron chi connectivity index (χ2n) is 8.10. The van der Waals surface area contributed by atoms with Gasteiger partial charge in [0.15, 0.2) is 0 Å². The number of rotatable bonds is 6. The van der Waals surface area contributed by atoms with Gasteiger partial charge in [0, 0.05) is 18.6 Å². The first kappa shape index (κ1) is 21.6. The molecule has 0 saturated heterocycles. The minimum absolute atomic E-state index is 0.0688.